The van der Waals surface area contributed by atoms with Gasteiger partial charge in [-0.1, -0.05) is 12.1 Å². The monoisotopic (exact) mass is 243 g/mol. The Morgan fingerprint density at radius 2 is 2.12 bits per heavy atom. The van der Waals surface area contributed by atoms with E-state index >= 15 is 0 Å². The Bertz CT molecular complexity index is 398. The van der Waals surface area contributed by atoms with Crippen LogP contribution in [0.3, 0.4) is 0 Å². The van der Waals surface area contributed by atoms with E-state index in [2.05, 4.69) is 5.32 Å². The molecule has 1 heterocycles. The van der Waals surface area contributed by atoms with Gasteiger partial charge in [0.05, 0.1) is 0 Å². The van der Waals surface area contributed by atoms with Gasteiger partial charge in [-0.25, -0.2) is 13.2 Å². The Labute approximate surface area is 99.0 Å². The van der Waals surface area contributed by atoms with E-state index in [1.165, 1.54) is 19.1 Å². The van der Waals surface area contributed by atoms with Crippen molar-refractivity contribution in [3.05, 3.63) is 35.4 Å². The van der Waals surface area contributed by atoms with Crippen molar-refractivity contribution < 1.29 is 13.2 Å². The zero-order valence-corrected chi connectivity index (χ0v) is 9.77. The van der Waals surface area contributed by atoms with Crippen molar-refractivity contribution in [3.63, 3.8) is 0 Å². The molecule has 4 heteroatoms. The smallest absolute Gasteiger partial charge is 0.165 e. The minimum atomic E-state index is -1.83. The molecule has 1 aliphatic rings. The minimum Gasteiger partial charge on any atom is -0.316 e. The van der Waals surface area contributed by atoms with E-state index in [0.29, 0.717) is 13.0 Å². The zero-order chi connectivity index (χ0) is 12.5. The molecule has 1 saturated heterocycles. The third kappa shape index (κ3) is 2.32. The summed E-state index contributed by atoms with van der Waals surface area (Å²) in [6.45, 7) is 2.70. The Balaban J connectivity index is 2.32. The highest BCUT2D eigenvalue weighted by Gasteiger charge is 2.39. The summed E-state index contributed by atoms with van der Waals surface area (Å²) in [6, 6.07) is 3.68. The normalized spacial score (nSPS) is 24.4. The van der Waals surface area contributed by atoms with E-state index in [9.17, 15) is 13.2 Å². The maximum atomic E-state index is 14.7. The van der Waals surface area contributed by atoms with Gasteiger partial charge in [-0.05, 0) is 32.4 Å². The molecule has 0 aliphatic carbocycles. The van der Waals surface area contributed by atoms with E-state index in [1.807, 2.05) is 0 Å². The number of hydrogen-bond acceptors (Lipinski definition) is 1. The molecule has 0 radical (unpaired) electrons. The summed E-state index contributed by atoms with van der Waals surface area (Å²) in [4.78, 5) is 0. The zero-order valence-electron chi connectivity index (χ0n) is 9.77. The summed E-state index contributed by atoms with van der Waals surface area (Å²) in [6.07, 6.45) is 1.55. The van der Waals surface area contributed by atoms with Gasteiger partial charge in [0.2, 0.25) is 0 Å². The number of nitrogens with one attached hydrogen (secondary N) is 1. The Morgan fingerprint density at radius 1 is 1.35 bits per heavy atom. The van der Waals surface area contributed by atoms with Crippen LogP contribution in [0.2, 0.25) is 0 Å². The summed E-state index contributed by atoms with van der Waals surface area (Å²) >= 11 is 0. The van der Waals surface area contributed by atoms with Crippen molar-refractivity contribution in [1.29, 1.82) is 0 Å². The molecule has 1 N–H and O–H groups in total. The van der Waals surface area contributed by atoms with Gasteiger partial charge in [0.25, 0.3) is 0 Å². The summed E-state index contributed by atoms with van der Waals surface area (Å²) in [5.41, 5.74) is -2.01. The molecule has 17 heavy (non-hydrogen) atoms. The van der Waals surface area contributed by atoms with Crippen LogP contribution in [0.25, 0.3) is 0 Å². The minimum absolute atomic E-state index is 0.175. The van der Waals surface area contributed by atoms with E-state index in [4.69, 9.17) is 0 Å². The Morgan fingerprint density at radius 3 is 2.76 bits per heavy atom. The molecule has 1 aromatic carbocycles. The fourth-order valence-electron chi connectivity index (χ4n) is 2.42. The molecule has 0 aromatic heterocycles. The lowest BCUT2D eigenvalue weighted by atomic mass is 9.80. The molecule has 0 saturated carbocycles. The number of hydrogen-bond donors (Lipinski definition) is 1. The molecule has 0 bridgehead atoms. The number of piperidine rings is 1. The number of benzene rings is 1. The summed E-state index contributed by atoms with van der Waals surface area (Å²) < 4.78 is 41.4. The molecule has 94 valence electrons. The molecule has 1 aliphatic heterocycles. The summed E-state index contributed by atoms with van der Waals surface area (Å²) in [5.74, 6) is -2.37. The quantitative estimate of drug-likeness (QED) is 0.841. The first-order chi connectivity index (χ1) is 8.03. The number of rotatable bonds is 2. The van der Waals surface area contributed by atoms with Crippen molar-refractivity contribution in [2.24, 2.45) is 5.92 Å². The second-order valence-corrected chi connectivity index (χ2v) is 4.72. The van der Waals surface area contributed by atoms with Gasteiger partial charge in [0, 0.05) is 18.0 Å². The predicted octanol–water partition coefficient (Wildman–Crippen LogP) is 3.15. The lowest BCUT2D eigenvalue weighted by Crippen LogP contribution is -2.40. The van der Waals surface area contributed by atoms with E-state index in [-0.39, 0.29) is 11.5 Å². The maximum Gasteiger partial charge on any atom is 0.165 e. The highest BCUT2D eigenvalue weighted by molar-refractivity contribution is 5.26. The molecule has 0 spiro atoms. The number of halogens is 3. The topological polar surface area (TPSA) is 12.0 Å². The van der Waals surface area contributed by atoms with Crippen LogP contribution < -0.4 is 5.32 Å². The first-order valence-electron chi connectivity index (χ1n) is 5.87. The van der Waals surface area contributed by atoms with E-state index < -0.39 is 17.3 Å². The first-order valence-corrected chi connectivity index (χ1v) is 5.87. The van der Waals surface area contributed by atoms with E-state index in [0.717, 1.165) is 19.0 Å². The molecule has 1 aromatic rings. The fraction of sp³-hybridized carbons (Fsp3) is 0.538. The fourth-order valence-corrected chi connectivity index (χ4v) is 2.42. The van der Waals surface area contributed by atoms with Gasteiger partial charge in [-0.3, -0.25) is 0 Å². The molecular formula is C13H16F3N. The maximum absolute atomic E-state index is 14.7. The largest absolute Gasteiger partial charge is 0.316 e. The third-order valence-electron chi connectivity index (χ3n) is 3.54. The van der Waals surface area contributed by atoms with Crippen molar-refractivity contribution in [3.8, 4) is 0 Å². The average molecular weight is 243 g/mol. The van der Waals surface area contributed by atoms with Crippen LogP contribution in [-0.2, 0) is 5.67 Å². The second-order valence-electron chi connectivity index (χ2n) is 4.72. The Hall–Kier alpha value is -1.03. The average Bonchev–Trinajstić information content (AvgIpc) is 2.33. The van der Waals surface area contributed by atoms with Crippen molar-refractivity contribution >= 4 is 0 Å². The van der Waals surface area contributed by atoms with Crippen molar-refractivity contribution in [1.82, 2.24) is 5.32 Å². The van der Waals surface area contributed by atoms with Crippen LogP contribution in [0.1, 0.15) is 25.3 Å². The standard InChI is InChI=1S/C13H16F3N/c1-13(16,9-4-3-7-17-8-9)10-5-2-6-11(14)12(10)15/h2,5-6,9,17H,3-4,7-8H2,1H3. The van der Waals surface area contributed by atoms with Gasteiger partial charge in [0.15, 0.2) is 11.6 Å². The molecule has 1 nitrogen and oxygen atoms in total. The van der Waals surface area contributed by atoms with Crippen LogP contribution in [0, 0.1) is 17.6 Å². The van der Waals surface area contributed by atoms with Crippen LogP contribution in [0.5, 0.6) is 0 Å². The summed E-state index contributed by atoms with van der Waals surface area (Å²) in [5, 5.41) is 3.09. The molecule has 1 fully saturated rings. The molecule has 2 unspecified atom stereocenters. The Kier molecular flexibility index (Phi) is 3.43. The van der Waals surface area contributed by atoms with Crippen molar-refractivity contribution in [2.75, 3.05) is 13.1 Å². The lowest BCUT2D eigenvalue weighted by Gasteiger charge is -2.34. The number of alkyl halides is 1. The highest BCUT2D eigenvalue weighted by atomic mass is 19.2. The van der Waals surface area contributed by atoms with Crippen LogP contribution >= 0.6 is 0 Å². The van der Waals surface area contributed by atoms with Crippen LogP contribution in [0.15, 0.2) is 18.2 Å². The molecular weight excluding hydrogens is 227 g/mol. The molecule has 2 atom stereocenters. The van der Waals surface area contributed by atoms with Gasteiger partial charge < -0.3 is 5.32 Å². The molecule has 0 amide bonds. The predicted molar refractivity (Wildman–Crippen MR) is 60.4 cm³/mol. The first kappa shape index (κ1) is 12.4. The van der Waals surface area contributed by atoms with Crippen molar-refractivity contribution in [2.45, 2.75) is 25.4 Å². The summed E-state index contributed by atoms with van der Waals surface area (Å²) in [7, 11) is 0. The van der Waals surface area contributed by atoms with Crippen LogP contribution in [-0.4, -0.2) is 13.1 Å². The van der Waals surface area contributed by atoms with Crippen LogP contribution in [0.4, 0.5) is 13.2 Å². The SMILES string of the molecule is CC(F)(c1cccc(F)c1F)C1CCCNC1. The van der Waals surface area contributed by atoms with E-state index in [1.54, 1.807) is 0 Å². The third-order valence-corrected chi connectivity index (χ3v) is 3.54. The lowest BCUT2D eigenvalue weighted by molar-refractivity contribution is 0.0764. The molecule has 2 rings (SSSR count). The van der Waals surface area contributed by atoms with Gasteiger partial charge >= 0.3 is 0 Å². The van der Waals surface area contributed by atoms with Gasteiger partial charge in [0.1, 0.15) is 5.67 Å². The van der Waals surface area contributed by atoms with Gasteiger partial charge in [-0.2, -0.15) is 0 Å². The second kappa shape index (κ2) is 4.69. The van der Waals surface area contributed by atoms with Gasteiger partial charge in [-0.15, -0.1) is 0 Å². The highest BCUT2D eigenvalue weighted by Crippen LogP contribution is 2.38.